The fourth-order valence-corrected chi connectivity index (χ4v) is 3.03. The normalized spacial score (nSPS) is 11.4. The molecule has 21 heavy (non-hydrogen) atoms. The van der Waals surface area contributed by atoms with Gasteiger partial charge in [-0.2, -0.15) is 0 Å². The molecule has 0 saturated heterocycles. The molecule has 2 aromatic heterocycles. The van der Waals surface area contributed by atoms with E-state index >= 15 is 0 Å². The van der Waals surface area contributed by atoms with Gasteiger partial charge in [0, 0.05) is 23.7 Å². The van der Waals surface area contributed by atoms with Crippen LogP contribution >= 0.6 is 23.2 Å². The largest absolute Gasteiger partial charge is 0.334 e. The summed E-state index contributed by atoms with van der Waals surface area (Å²) in [7, 11) is 0. The molecule has 112 valence electrons. The van der Waals surface area contributed by atoms with Gasteiger partial charge in [-0.25, -0.2) is 9.97 Å². The van der Waals surface area contributed by atoms with Crippen molar-refractivity contribution in [2.24, 2.45) is 0 Å². The molecule has 0 aliphatic rings. The molecule has 0 unspecified atom stereocenters. The fourth-order valence-electron chi connectivity index (χ4n) is 2.41. The molecule has 0 N–H and O–H groups in total. The van der Waals surface area contributed by atoms with Crippen LogP contribution in [0, 0.1) is 0 Å². The first-order valence-corrected chi connectivity index (χ1v) is 7.52. The van der Waals surface area contributed by atoms with Gasteiger partial charge in [-0.15, -0.1) is 0 Å². The number of hydrogen-bond donors (Lipinski definition) is 0. The molecule has 0 radical (unpaired) electrons. The van der Waals surface area contributed by atoms with E-state index < -0.39 is 0 Å². The SMILES string of the molecule is CC(C)N(C(=O)c1c(Cl)nc2ncccc2c1Cl)C(C)C. The van der Waals surface area contributed by atoms with E-state index in [9.17, 15) is 4.79 Å². The number of nitrogens with zero attached hydrogens (tertiary/aromatic N) is 3. The highest BCUT2D eigenvalue weighted by Gasteiger charge is 2.27. The van der Waals surface area contributed by atoms with Crippen LogP contribution in [0.15, 0.2) is 18.3 Å². The van der Waals surface area contributed by atoms with Gasteiger partial charge in [-0.1, -0.05) is 23.2 Å². The van der Waals surface area contributed by atoms with Crippen LogP contribution in [-0.4, -0.2) is 32.9 Å². The Balaban J connectivity index is 2.63. The second-order valence-corrected chi connectivity index (χ2v) is 6.10. The van der Waals surface area contributed by atoms with Crippen LogP contribution < -0.4 is 0 Å². The minimum absolute atomic E-state index is 0.0363. The van der Waals surface area contributed by atoms with Crippen LogP contribution in [0.5, 0.6) is 0 Å². The maximum atomic E-state index is 12.8. The van der Waals surface area contributed by atoms with Gasteiger partial charge in [0.2, 0.25) is 0 Å². The maximum absolute atomic E-state index is 12.8. The first-order chi connectivity index (χ1) is 9.84. The van der Waals surface area contributed by atoms with E-state index in [0.29, 0.717) is 16.1 Å². The lowest BCUT2D eigenvalue weighted by Crippen LogP contribution is -2.42. The summed E-state index contributed by atoms with van der Waals surface area (Å²) in [6.07, 6.45) is 1.61. The van der Waals surface area contributed by atoms with Gasteiger partial charge in [0.05, 0.1) is 10.6 Å². The summed E-state index contributed by atoms with van der Waals surface area (Å²) >= 11 is 12.6. The van der Waals surface area contributed by atoms with Gasteiger partial charge in [-0.05, 0) is 39.8 Å². The Morgan fingerprint density at radius 2 is 1.81 bits per heavy atom. The molecule has 0 aromatic carbocycles. The average molecular weight is 326 g/mol. The van der Waals surface area contributed by atoms with E-state index in [-0.39, 0.29) is 28.7 Å². The molecular weight excluding hydrogens is 309 g/mol. The van der Waals surface area contributed by atoms with Crippen LogP contribution in [0.1, 0.15) is 38.1 Å². The topological polar surface area (TPSA) is 46.1 Å². The third kappa shape index (κ3) is 2.97. The van der Waals surface area contributed by atoms with Gasteiger partial charge in [0.15, 0.2) is 5.65 Å². The highest BCUT2D eigenvalue weighted by Crippen LogP contribution is 2.31. The Morgan fingerprint density at radius 1 is 1.19 bits per heavy atom. The summed E-state index contributed by atoms with van der Waals surface area (Å²) in [4.78, 5) is 22.8. The number of hydrogen-bond acceptors (Lipinski definition) is 3. The van der Waals surface area contributed by atoms with Gasteiger partial charge >= 0.3 is 0 Å². The standard InChI is InChI=1S/C15H17Cl2N3O/c1-8(2)20(9(3)4)15(21)11-12(16)10-6-5-7-18-14(10)19-13(11)17/h5-9H,1-4H3. The zero-order valence-corrected chi connectivity index (χ0v) is 13.9. The molecule has 0 saturated carbocycles. The zero-order valence-electron chi connectivity index (χ0n) is 12.4. The molecule has 0 atom stereocenters. The highest BCUT2D eigenvalue weighted by atomic mass is 35.5. The van der Waals surface area contributed by atoms with Crippen molar-refractivity contribution in [1.82, 2.24) is 14.9 Å². The molecule has 0 fully saturated rings. The van der Waals surface area contributed by atoms with E-state index in [2.05, 4.69) is 9.97 Å². The Bertz CT molecular complexity index is 678. The summed E-state index contributed by atoms with van der Waals surface area (Å²) in [5.74, 6) is -0.215. The van der Waals surface area contributed by atoms with Crippen molar-refractivity contribution in [3.63, 3.8) is 0 Å². The zero-order chi connectivity index (χ0) is 15.7. The van der Waals surface area contributed by atoms with Crippen LogP contribution in [0.25, 0.3) is 11.0 Å². The van der Waals surface area contributed by atoms with E-state index in [1.165, 1.54) is 0 Å². The molecule has 6 heteroatoms. The second-order valence-electron chi connectivity index (χ2n) is 5.37. The third-order valence-corrected chi connectivity index (χ3v) is 3.88. The smallest absolute Gasteiger partial charge is 0.258 e. The van der Waals surface area contributed by atoms with Crippen molar-refractivity contribution in [3.05, 3.63) is 34.1 Å². The van der Waals surface area contributed by atoms with Crippen molar-refractivity contribution >= 4 is 40.1 Å². The molecule has 0 spiro atoms. The van der Waals surface area contributed by atoms with E-state index in [4.69, 9.17) is 23.2 Å². The first-order valence-electron chi connectivity index (χ1n) is 6.77. The second kappa shape index (κ2) is 6.16. The lowest BCUT2D eigenvalue weighted by Gasteiger charge is -2.31. The number of rotatable bonds is 3. The van der Waals surface area contributed by atoms with E-state index in [0.717, 1.165) is 0 Å². The lowest BCUT2D eigenvalue weighted by atomic mass is 10.1. The number of aromatic nitrogens is 2. The van der Waals surface area contributed by atoms with Crippen LogP contribution in [0.2, 0.25) is 10.2 Å². The van der Waals surface area contributed by atoms with Crippen LogP contribution in [0.4, 0.5) is 0 Å². The van der Waals surface area contributed by atoms with Gasteiger partial charge in [-0.3, -0.25) is 4.79 Å². The maximum Gasteiger partial charge on any atom is 0.258 e. The molecule has 2 rings (SSSR count). The molecule has 2 heterocycles. The molecule has 0 bridgehead atoms. The molecular formula is C15H17Cl2N3O. The van der Waals surface area contributed by atoms with Crippen molar-refractivity contribution in [1.29, 1.82) is 0 Å². The Kier molecular flexibility index (Phi) is 4.69. The van der Waals surface area contributed by atoms with Crippen LogP contribution in [0.3, 0.4) is 0 Å². The van der Waals surface area contributed by atoms with E-state index in [1.54, 1.807) is 23.2 Å². The van der Waals surface area contributed by atoms with Gasteiger partial charge in [0.1, 0.15) is 5.15 Å². The summed E-state index contributed by atoms with van der Waals surface area (Å²) in [6, 6.07) is 3.60. The number of carbonyl (C=O) groups excluding carboxylic acids is 1. The predicted molar refractivity (Wildman–Crippen MR) is 86.0 cm³/mol. The summed E-state index contributed by atoms with van der Waals surface area (Å²) in [5.41, 5.74) is 0.672. The quantitative estimate of drug-likeness (QED) is 0.794. The monoisotopic (exact) mass is 325 g/mol. The minimum atomic E-state index is -0.215. The number of amides is 1. The summed E-state index contributed by atoms with van der Waals surface area (Å²) in [6.45, 7) is 7.82. The minimum Gasteiger partial charge on any atom is -0.334 e. The molecule has 0 aliphatic carbocycles. The molecule has 4 nitrogen and oxygen atoms in total. The average Bonchev–Trinajstić information content (AvgIpc) is 2.37. The van der Waals surface area contributed by atoms with Gasteiger partial charge in [0.25, 0.3) is 5.91 Å². The Labute approximate surface area is 134 Å². The Morgan fingerprint density at radius 3 is 2.38 bits per heavy atom. The summed E-state index contributed by atoms with van der Waals surface area (Å²) < 4.78 is 0. The van der Waals surface area contributed by atoms with Crippen molar-refractivity contribution in [2.75, 3.05) is 0 Å². The fraction of sp³-hybridized carbons (Fsp3) is 0.400. The lowest BCUT2D eigenvalue weighted by molar-refractivity contribution is 0.0644. The highest BCUT2D eigenvalue weighted by molar-refractivity contribution is 6.42. The molecule has 0 aliphatic heterocycles. The predicted octanol–water partition coefficient (Wildman–Crippen LogP) is 4.20. The third-order valence-electron chi connectivity index (χ3n) is 3.21. The van der Waals surface area contributed by atoms with E-state index in [1.807, 2.05) is 27.7 Å². The first kappa shape index (κ1) is 16.0. The number of carbonyl (C=O) groups is 1. The number of halogens is 2. The number of pyridine rings is 2. The number of fused-ring (bicyclic) bond motifs is 1. The Hall–Kier alpha value is -1.39. The van der Waals surface area contributed by atoms with Crippen molar-refractivity contribution in [2.45, 2.75) is 39.8 Å². The molecule has 1 amide bonds. The van der Waals surface area contributed by atoms with Gasteiger partial charge < -0.3 is 4.90 Å². The van der Waals surface area contributed by atoms with Crippen molar-refractivity contribution < 1.29 is 4.79 Å². The van der Waals surface area contributed by atoms with Crippen molar-refractivity contribution in [3.8, 4) is 0 Å². The summed E-state index contributed by atoms with van der Waals surface area (Å²) in [5, 5.41) is 1.01. The molecule has 2 aromatic rings. The van der Waals surface area contributed by atoms with Crippen LogP contribution in [-0.2, 0) is 0 Å².